The average Bonchev–Trinajstić information content (AvgIpc) is 2.84. The first-order chi connectivity index (χ1) is 12.1. The van der Waals surface area contributed by atoms with Gasteiger partial charge in [0.2, 0.25) is 5.95 Å². The zero-order chi connectivity index (χ0) is 19.1. The standard InChI is InChI=1S/C15H11F4N3O3S/c16-10-3-1-9(2-4-10)8-22-13-7-11(5-6-12(13)21-14(22)20)25-26(23,24)15(17,18)19/h1-7H,8H2,(H2,20,21). The number of nitrogens with two attached hydrogens (primary N) is 1. The maximum atomic E-state index is 13.0. The molecule has 0 atom stereocenters. The van der Waals surface area contributed by atoms with E-state index < -0.39 is 27.2 Å². The molecular weight excluding hydrogens is 378 g/mol. The molecule has 2 N–H and O–H groups in total. The van der Waals surface area contributed by atoms with Gasteiger partial charge in [0.05, 0.1) is 17.6 Å². The number of nitrogen functional groups attached to an aromatic ring is 1. The Morgan fingerprint density at radius 3 is 2.38 bits per heavy atom. The first kappa shape index (κ1) is 18.0. The van der Waals surface area contributed by atoms with Crippen LogP contribution in [0.1, 0.15) is 5.56 Å². The third-order valence-electron chi connectivity index (χ3n) is 3.49. The molecule has 1 heterocycles. The summed E-state index contributed by atoms with van der Waals surface area (Å²) in [5.74, 6) is -0.902. The summed E-state index contributed by atoms with van der Waals surface area (Å²) in [5, 5.41) is 0. The molecular formula is C15H11F4N3O3S. The molecule has 0 aliphatic rings. The van der Waals surface area contributed by atoms with Crippen LogP contribution in [0.4, 0.5) is 23.5 Å². The summed E-state index contributed by atoms with van der Waals surface area (Å²) in [4.78, 5) is 4.05. The lowest BCUT2D eigenvalue weighted by atomic mass is 10.2. The third-order valence-corrected chi connectivity index (χ3v) is 4.47. The molecule has 0 aliphatic heterocycles. The highest BCUT2D eigenvalue weighted by Crippen LogP contribution is 2.29. The van der Waals surface area contributed by atoms with Crippen LogP contribution in [0.25, 0.3) is 11.0 Å². The van der Waals surface area contributed by atoms with Gasteiger partial charge >= 0.3 is 15.6 Å². The number of alkyl halides is 3. The smallest absolute Gasteiger partial charge is 0.376 e. The van der Waals surface area contributed by atoms with Gasteiger partial charge in [-0.15, -0.1) is 0 Å². The molecule has 3 rings (SSSR count). The Labute approximate surface area is 144 Å². The number of benzene rings is 2. The van der Waals surface area contributed by atoms with E-state index in [1.54, 1.807) is 0 Å². The molecule has 0 radical (unpaired) electrons. The molecule has 0 saturated carbocycles. The highest BCUT2D eigenvalue weighted by Gasteiger charge is 2.48. The lowest BCUT2D eigenvalue weighted by Gasteiger charge is -2.10. The van der Waals surface area contributed by atoms with E-state index in [-0.39, 0.29) is 18.0 Å². The van der Waals surface area contributed by atoms with Crippen LogP contribution in [-0.4, -0.2) is 23.5 Å². The Balaban J connectivity index is 2.00. The number of nitrogens with zero attached hydrogens (tertiary/aromatic N) is 2. The summed E-state index contributed by atoms with van der Waals surface area (Å²) < 4.78 is 78.2. The van der Waals surface area contributed by atoms with Crippen molar-refractivity contribution in [3.8, 4) is 5.75 Å². The topological polar surface area (TPSA) is 87.2 Å². The number of aromatic nitrogens is 2. The number of rotatable bonds is 4. The normalized spacial score (nSPS) is 12.5. The molecule has 6 nitrogen and oxygen atoms in total. The number of hydrogen-bond acceptors (Lipinski definition) is 5. The number of hydrogen-bond donors (Lipinski definition) is 1. The molecule has 1 aromatic heterocycles. The summed E-state index contributed by atoms with van der Waals surface area (Å²) in [6, 6.07) is 8.92. The average molecular weight is 389 g/mol. The lowest BCUT2D eigenvalue weighted by Crippen LogP contribution is -2.28. The van der Waals surface area contributed by atoms with Crippen molar-refractivity contribution >= 4 is 27.1 Å². The number of halogens is 4. The second-order valence-corrected chi connectivity index (χ2v) is 6.85. The summed E-state index contributed by atoms with van der Waals surface area (Å²) in [5.41, 5.74) is 1.53. The van der Waals surface area contributed by atoms with Gasteiger partial charge in [0.15, 0.2) is 0 Å². The van der Waals surface area contributed by atoms with Crippen LogP contribution in [0.2, 0.25) is 0 Å². The Morgan fingerprint density at radius 2 is 1.77 bits per heavy atom. The molecule has 0 fully saturated rings. The number of fused-ring (bicyclic) bond motifs is 1. The van der Waals surface area contributed by atoms with Crippen LogP contribution in [0, 0.1) is 5.82 Å². The Bertz CT molecular complexity index is 1060. The van der Waals surface area contributed by atoms with Crippen LogP contribution < -0.4 is 9.92 Å². The molecule has 26 heavy (non-hydrogen) atoms. The van der Waals surface area contributed by atoms with E-state index in [0.717, 1.165) is 12.1 Å². The predicted octanol–water partition coefficient (Wildman–Crippen LogP) is 3.03. The fourth-order valence-electron chi connectivity index (χ4n) is 2.29. The first-order valence-electron chi connectivity index (χ1n) is 7.08. The summed E-state index contributed by atoms with van der Waals surface area (Å²) >= 11 is 0. The molecule has 2 aromatic carbocycles. The fourth-order valence-corrected chi connectivity index (χ4v) is 2.74. The Kier molecular flexibility index (Phi) is 4.26. The predicted molar refractivity (Wildman–Crippen MR) is 85.3 cm³/mol. The third kappa shape index (κ3) is 3.43. The van der Waals surface area contributed by atoms with Gasteiger partial charge in [0, 0.05) is 6.07 Å². The first-order valence-corrected chi connectivity index (χ1v) is 8.48. The lowest BCUT2D eigenvalue weighted by molar-refractivity contribution is -0.0500. The molecule has 0 aliphatic carbocycles. The zero-order valence-corrected chi connectivity index (χ0v) is 13.7. The maximum Gasteiger partial charge on any atom is 0.534 e. The van der Waals surface area contributed by atoms with Gasteiger partial charge in [-0.2, -0.15) is 21.6 Å². The Hall–Kier alpha value is -2.82. The minimum atomic E-state index is -5.79. The molecule has 0 unspecified atom stereocenters. The maximum absolute atomic E-state index is 13.0. The second-order valence-electron chi connectivity index (χ2n) is 5.32. The van der Waals surface area contributed by atoms with E-state index in [1.165, 1.54) is 34.9 Å². The number of imidazole rings is 1. The van der Waals surface area contributed by atoms with Crippen LogP contribution in [0.15, 0.2) is 42.5 Å². The van der Waals surface area contributed by atoms with Crippen LogP contribution in [-0.2, 0) is 16.7 Å². The molecule has 0 saturated heterocycles. The molecule has 0 amide bonds. The van der Waals surface area contributed by atoms with Gasteiger partial charge in [0.25, 0.3) is 0 Å². The van der Waals surface area contributed by atoms with E-state index in [2.05, 4.69) is 9.17 Å². The van der Waals surface area contributed by atoms with Crippen LogP contribution in [0.3, 0.4) is 0 Å². The SMILES string of the molecule is Nc1nc2ccc(OS(=O)(=O)C(F)(F)F)cc2n1Cc1ccc(F)cc1. The van der Waals surface area contributed by atoms with Crippen molar-refractivity contribution in [2.45, 2.75) is 12.1 Å². The molecule has 138 valence electrons. The van der Waals surface area contributed by atoms with Crippen LogP contribution in [0.5, 0.6) is 5.75 Å². The quantitative estimate of drug-likeness (QED) is 0.421. The van der Waals surface area contributed by atoms with E-state index in [0.29, 0.717) is 11.1 Å². The minimum Gasteiger partial charge on any atom is -0.376 e. The van der Waals surface area contributed by atoms with Gasteiger partial charge in [-0.1, -0.05) is 12.1 Å². The van der Waals surface area contributed by atoms with Crippen molar-refractivity contribution in [1.29, 1.82) is 0 Å². The van der Waals surface area contributed by atoms with E-state index in [1.807, 2.05) is 0 Å². The van der Waals surface area contributed by atoms with Crippen LogP contribution >= 0.6 is 0 Å². The molecule has 3 aromatic rings. The Morgan fingerprint density at radius 1 is 1.12 bits per heavy atom. The summed E-state index contributed by atoms with van der Waals surface area (Å²) in [6.45, 7) is 0.151. The van der Waals surface area contributed by atoms with Gasteiger partial charge in [-0.05, 0) is 29.8 Å². The van der Waals surface area contributed by atoms with Gasteiger partial charge < -0.3 is 14.5 Å². The highest BCUT2D eigenvalue weighted by molar-refractivity contribution is 7.88. The van der Waals surface area contributed by atoms with Crippen molar-refractivity contribution in [1.82, 2.24) is 9.55 Å². The van der Waals surface area contributed by atoms with Crippen molar-refractivity contribution in [2.75, 3.05) is 5.73 Å². The second kappa shape index (κ2) is 6.16. The van der Waals surface area contributed by atoms with Gasteiger partial charge in [-0.25, -0.2) is 9.37 Å². The van der Waals surface area contributed by atoms with Crippen molar-refractivity contribution in [3.05, 3.63) is 53.8 Å². The van der Waals surface area contributed by atoms with E-state index in [9.17, 15) is 26.0 Å². The molecule has 0 bridgehead atoms. The largest absolute Gasteiger partial charge is 0.534 e. The van der Waals surface area contributed by atoms with Crippen molar-refractivity contribution in [3.63, 3.8) is 0 Å². The van der Waals surface area contributed by atoms with Crippen molar-refractivity contribution in [2.24, 2.45) is 0 Å². The highest BCUT2D eigenvalue weighted by atomic mass is 32.2. The molecule has 11 heteroatoms. The minimum absolute atomic E-state index is 0.0557. The summed E-state index contributed by atoms with van der Waals surface area (Å²) in [6.07, 6.45) is 0. The summed E-state index contributed by atoms with van der Waals surface area (Å²) in [7, 11) is -5.79. The monoisotopic (exact) mass is 389 g/mol. The fraction of sp³-hybridized carbons (Fsp3) is 0.133. The number of anilines is 1. The van der Waals surface area contributed by atoms with Crippen molar-refractivity contribution < 1.29 is 30.2 Å². The van der Waals surface area contributed by atoms with E-state index in [4.69, 9.17) is 5.73 Å². The zero-order valence-electron chi connectivity index (χ0n) is 12.9. The van der Waals surface area contributed by atoms with Gasteiger partial charge in [0.1, 0.15) is 11.6 Å². The molecule has 0 spiro atoms. The van der Waals surface area contributed by atoms with Gasteiger partial charge in [-0.3, -0.25) is 0 Å². The van der Waals surface area contributed by atoms with E-state index >= 15 is 0 Å².